The van der Waals surface area contributed by atoms with Gasteiger partial charge in [0.05, 0.1) is 0 Å². The van der Waals surface area contributed by atoms with Gasteiger partial charge >= 0.3 is 35.6 Å². The van der Waals surface area contributed by atoms with Gasteiger partial charge < -0.3 is 5.11 Å². The summed E-state index contributed by atoms with van der Waals surface area (Å²) in [6, 6.07) is 16.0. The largest absolute Gasteiger partial charge is 0.214 e. The van der Waals surface area contributed by atoms with Crippen molar-refractivity contribution in [3.8, 4) is 5.75 Å². The predicted octanol–water partition coefficient (Wildman–Crippen LogP) is 6.77. The molecule has 0 fully saturated rings. The van der Waals surface area contributed by atoms with E-state index in [1.54, 1.807) is 0 Å². The van der Waals surface area contributed by atoms with Crippen molar-refractivity contribution in [2.75, 3.05) is 0 Å². The summed E-state index contributed by atoms with van der Waals surface area (Å²) in [7, 11) is 9.78. The van der Waals surface area contributed by atoms with Crippen LogP contribution in [0.5, 0.6) is 5.75 Å². The molecule has 0 heterocycles. The van der Waals surface area contributed by atoms with Crippen molar-refractivity contribution in [3.63, 3.8) is 0 Å². The first kappa shape index (κ1) is 22.7. The van der Waals surface area contributed by atoms with Crippen molar-refractivity contribution < 1.29 is 22.1 Å². The van der Waals surface area contributed by atoms with Crippen LogP contribution in [0.25, 0.3) is 0 Å². The van der Waals surface area contributed by atoms with E-state index in [-0.39, 0.29) is 10.8 Å². The second kappa shape index (κ2) is 10.5. The molecular formula is C19H27Cl2OTi-. The Morgan fingerprint density at radius 2 is 1.17 bits per heavy atom. The molecule has 23 heavy (non-hydrogen) atoms. The van der Waals surface area contributed by atoms with Gasteiger partial charge in [-0.05, 0) is 22.0 Å². The summed E-state index contributed by atoms with van der Waals surface area (Å²) in [5.41, 5.74) is 2.03. The molecule has 1 nitrogen and oxygen atoms in total. The molecular weight excluding hydrogens is 363 g/mol. The van der Waals surface area contributed by atoms with Crippen molar-refractivity contribution in [1.29, 1.82) is 0 Å². The molecule has 0 aliphatic rings. The summed E-state index contributed by atoms with van der Waals surface area (Å²) >= 11 is -0.556. The Morgan fingerprint density at radius 1 is 0.826 bits per heavy atom. The van der Waals surface area contributed by atoms with Gasteiger partial charge in [-0.25, -0.2) is 12.1 Å². The zero-order valence-electron chi connectivity index (χ0n) is 14.8. The van der Waals surface area contributed by atoms with Crippen LogP contribution in [0.4, 0.5) is 0 Å². The quantitative estimate of drug-likeness (QED) is 0.389. The topological polar surface area (TPSA) is 20.2 Å². The molecule has 128 valence electrons. The number of hydrogen-bond acceptors (Lipinski definition) is 1. The minimum absolute atomic E-state index is 0.00859. The van der Waals surface area contributed by atoms with E-state index in [9.17, 15) is 5.11 Å². The minimum Gasteiger partial charge on any atom is -0.214 e. The average Bonchev–Trinajstić information content (AvgIpc) is 2.96. The third-order valence-corrected chi connectivity index (χ3v) is 3.21. The molecule has 0 aromatic heterocycles. The van der Waals surface area contributed by atoms with Crippen LogP contribution in [-0.2, 0) is 27.9 Å². The summed E-state index contributed by atoms with van der Waals surface area (Å²) in [5.74, 6) is 0.456. The Kier molecular flexibility index (Phi) is 10.4. The fourth-order valence-electron chi connectivity index (χ4n) is 2.07. The molecule has 0 unspecified atom stereocenters. The Hall–Kier alpha value is -0.336. The fourth-order valence-corrected chi connectivity index (χ4v) is 2.07. The number of hydrogen-bond donors (Lipinski definition) is 1. The second-order valence-electron chi connectivity index (χ2n) is 7.24. The molecule has 0 aliphatic heterocycles. The van der Waals surface area contributed by atoms with Crippen LogP contribution in [0.2, 0.25) is 0 Å². The van der Waals surface area contributed by atoms with Crippen LogP contribution in [0.15, 0.2) is 48.5 Å². The minimum atomic E-state index is -0.556. The van der Waals surface area contributed by atoms with E-state index in [0.717, 1.165) is 11.1 Å². The van der Waals surface area contributed by atoms with E-state index in [2.05, 4.69) is 41.5 Å². The molecule has 0 saturated heterocycles. The van der Waals surface area contributed by atoms with Crippen LogP contribution in [0, 0.1) is 0 Å². The Morgan fingerprint density at radius 3 is 1.39 bits per heavy atom. The van der Waals surface area contributed by atoms with Crippen molar-refractivity contribution in [1.82, 2.24) is 0 Å². The van der Waals surface area contributed by atoms with Crippen LogP contribution < -0.4 is 0 Å². The summed E-state index contributed by atoms with van der Waals surface area (Å²) < 4.78 is 0. The molecule has 1 N–H and O–H groups in total. The van der Waals surface area contributed by atoms with Gasteiger partial charge in [0.2, 0.25) is 0 Å². The monoisotopic (exact) mass is 389 g/mol. The van der Waals surface area contributed by atoms with E-state index in [1.807, 2.05) is 48.5 Å². The van der Waals surface area contributed by atoms with E-state index >= 15 is 0 Å². The van der Waals surface area contributed by atoms with E-state index in [1.165, 1.54) is 0 Å². The van der Waals surface area contributed by atoms with Gasteiger partial charge in [0.15, 0.2) is 0 Å². The zero-order chi connectivity index (χ0) is 18.1. The van der Waals surface area contributed by atoms with Gasteiger partial charge in [-0.2, -0.15) is 18.2 Å². The third-order valence-electron chi connectivity index (χ3n) is 3.21. The molecule has 2 aromatic rings. The molecule has 0 radical (unpaired) electrons. The van der Waals surface area contributed by atoms with Gasteiger partial charge in [0, 0.05) is 0 Å². The van der Waals surface area contributed by atoms with Crippen molar-refractivity contribution in [2.45, 2.75) is 52.4 Å². The number of rotatable bonds is 0. The number of halogens is 2. The number of aromatic hydroxyl groups is 1. The van der Waals surface area contributed by atoms with Gasteiger partial charge in [-0.1, -0.05) is 59.7 Å². The molecule has 4 heteroatoms. The standard InChI is InChI=1S/C14H22O.C5H5.2ClH.Ti/c1-13(2,3)10-8-7-9-11(12(10)15)14(4,5)6;1-2-4-5-3-1;;;/h7-9,15H,1-6H3;1-5H;2*1H;/q;-1;;;+2/p-2. The Labute approximate surface area is 158 Å². The fraction of sp³-hybridized carbons (Fsp3) is 0.421. The van der Waals surface area contributed by atoms with Crippen molar-refractivity contribution in [3.05, 3.63) is 59.7 Å². The normalized spacial score (nSPS) is 10.8. The number of benzene rings is 1. The van der Waals surface area contributed by atoms with Gasteiger partial charge in [0.25, 0.3) is 0 Å². The van der Waals surface area contributed by atoms with Crippen LogP contribution >= 0.6 is 18.6 Å². The number of phenols is 1. The molecule has 0 saturated carbocycles. The van der Waals surface area contributed by atoms with Gasteiger partial charge in [-0.15, -0.1) is 0 Å². The van der Waals surface area contributed by atoms with E-state index in [0.29, 0.717) is 5.75 Å². The second-order valence-corrected chi connectivity index (χ2v) is 9.81. The Balaban J connectivity index is 0.000000496. The van der Waals surface area contributed by atoms with Crippen LogP contribution in [0.1, 0.15) is 52.7 Å². The summed E-state index contributed by atoms with van der Waals surface area (Å²) in [6.07, 6.45) is 0. The SMILES string of the molecule is CC(C)(C)c1cccc(C(C)(C)C)c1O.[Cl][Ti][Cl].c1cc[cH-]c1. The predicted molar refractivity (Wildman–Crippen MR) is 99.2 cm³/mol. The maximum absolute atomic E-state index is 10.3. The summed E-state index contributed by atoms with van der Waals surface area (Å²) in [5, 5.41) is 10.3. The molecule has 2 rings (SSSR count). The van der Waals surface area contributed by atoms with Crippen LogP contribution in [0.3, 0.4) is 0 Å². The summed E-state index contributed by atoms with van der Waals surface area (Å²) in [6.45, 7) is 12.7. The van der Waals surface area contributed by atoms with E-state index < -0.39 is 17.0 Å². The van der Waals surface area contributed by atoms with Gasteiger partial charge in [-0.3, -0.25) is 0 Å². The van der Waals surface area contributed by atoms with Crippen molar-refractivity contribution >= 4 is 18.6 Å². The third kappa shape index (κ3) is 8.91. The molecule has 2 aromatic carbocycles. The smallest absolute Gasteiger partial charge is 0.172 e. The molecule has 0 aliphatic carbocycles. The first-order chi connectivity index (χ1) is 10.6. The number of phenolic OH excluding ortho intramolecular Hbond substituents is 1. The number of para-hydroxylation sites is 1. The average molecular weight is 390 g/mol. The van der Waals surface area contributed by atoms with Crippen molar-refractivity contribution in [2.24, 2.45) is 0 Å². The van der Waals surface area contributed by atoms with E-state index in [4.69, 9.17) is 18.6 Å². The Bertz CT molecular complexity index is 488. The molecule has 0 bridgehead atoms. The zero-order valence-corrected chi connectivity index (χ0v) is 17.9. The van der Waals surface area contributed by atoms with Crippen LogP contribution in [-0.4, -0.2) is 5.11 Å². The molecule has 0 atom stereocenters. The maximum Gasteiger partial charge on any atom is -0.172 e. The first-order valence-corrected chi connectivity index (χ1v) is 11.8. The van der Waals surface area contributed by atoms with Gasteiger partial charge in [0.1, 0.15) is 5.75 Å². The molecule has 0 spiro atoms. The maximum atomic E-state index is 10.3. The first-order valence-electron chi connectivity index (χ1n) is 7.51. The summed E-state index contributed by atoms with van der Waals surface area (Å²) in [4.78, 5) is 0. The molecule has 0 amide bonds.